The molecule has 1 atom stereocenters. The van der Waals surface area contributed by atoms with E-state index in [9.17, 15) is 23.1 Å². The molecule has 0 saturated carbocycles. The predicted molar refractivity (Wildman–Crippen MR) is 115 cm³/mol. The number of carbonyl (C=O) groups is 2. The molecule has 2 N–H and O–H groups in total. The van der Waals surface area contributed by atoms with Crippen LogP contribution in [0, 0.1) is 5.92 Å². The van der Waals surface area contributed by atoms with Gasteiger partial charge in [-0.05, 0) is 41.8 Å². The first-order valence-electron chi connectivity index (χ1n) is 9.89. The number of carbonyl (C=O) groups excluding carboxylic acids is 2. The average molecular weight is 431 g/mol. The van der Waals surface area contributed by atoms with Gasteiger partial charge in [-0.1, -0.05) is 32.9 Å². The Morgan fingerprint density at radius 1 is 1.23 bits per heavy atom. The van der Waals surface area contributed by atoms with E-state index in [0.717, 1.165) is 11.3 Å². The number of phenols is 1. The van der Waals surface area contributed by atoms with Crippen LogP contribution in [-0.2, 0) is 19.4 Å². The molecule has 1 unspecified atom stereocenters. The van der Waals surface area contributed by atoms with Gasteiger partial charge in [-0.3, -0.25) is 9.59 Å². The van der Waals surface area contributed by atoms with Crippen molar-refractivity contribution < 1.29 is 23.1 Å². The highest BCUT2D eigenvalue weighted by Crippen LogP contribution is 2.31. The molecule has 2 amide bonds. The van der Waals surface area contributed by atoms with E-state index in [0.29, 0.717) is 5.92 Å². The summed E-state index contributed by atoms with van der Waals surface area (Å²) in [4.78, 5) is 26.9. The molecule has 1 fully saturated rings. The predicted octanol–water partition coefficient (Wildman–Crippen LogP) is 3.30. The molecule has 30 heavy (non-hydrogen) atoms. The molecule has 1 heterocycles. The maximum Gasteiger partial charge on any atom is 0.229 e. The Hall–Kier alpha value is -2.87. The van der Waals surface area contributed by atoms with Crippen molar-refractivity contribution in [2.75, 3.05) is 22.5 Å². The quantitative estimate of drug-likeness (QED) is 0.685. The fourth-order valence-corrected chi connectivity index (χ4v) is 4.30. The number of anilines is 2. The van der Waals surface area contributed by atoms with Crippen molar-refractivity contribution in [2.24, 2.45) is 5.92 Å². The zero-order chi connectivity index (χ0) is 22.1. The topological polar surface area (TPSA) is 104 Å². The SMILES string of the molecule is CCS(=O)(=O)c1ccc(O)c(NC(=O)C2CC(=O)N(c3cccc(C(C)C)c3)C2)c1. The number of nitrogens with zero attached hydrogens (tertiary/aromatic N) is 1. The van der Waals surface area contributed by atoms with Crippen LogP contribution in [0.2, 0.25) is 0 Å². The Labute approximate surface area is 176 Å². The van der Waals surface area contributed by atoms with Crippen LogP contribution in [0.4, 0.5) is 11.4 Å². The highest BCUT2D eigenvalue weighted by molar-refractivity contribution is 7.91. The van der Waals surface area contributed by atoms with Crippen LogP contribution >= 0.6 is 0 Å². The van der Waals surface area contributed by atoms with Gasteiger partial charge < -0.3 is 15.3 Å². The molecule has 0 aliphatic carbocycles. The lowest BCUT2D eigenvalue weighted by Gasteiger charge is -2.18. The number of nitrogens with one attached hydrogen (secondary N) is 1. The Morgan fingerprint density at radius 2 is 1.97 bits per heavy atom. The Morgan fingerprint density at radius 3 is 2.63 bits per heavy atom. The maximum absolute atomic E-state index is 12.7. The second-order valence-electron chi connectivity index (χ2n) is 7.73. The van der Waals surface area contributed by atoms with E-state index < -0.39 is 21.7 Å². The first kappa shape index (κ1) is 21.8. The maximum atomic E-state index is 12.7. The lowest BCUT2D eigenvalue weighted by molar-refractivity contribution is -0.122. The van der Waals surface area contributed by atoms with Crippen molar-refractivity contribution >= 4 is 33.0 Å². The Balaban J connectivity index is 1.77. The zero-order valence-corrected chi connectivity index (χ0v) is 18.1. The minimum atomic E-state index is -3.48. The monoisotopic (exact) mass is 430 g/mol. The van der Waals surface area contributed by atoms with E-state index in [2.05, 4.69) is 19.2 Å². The van der Waals surface area contributed by atoms with Gasteiger partial charge in [0.05, 0.1) is 22.3 Å². The number of phenolic OH excluding ortho intramolecular Hbond substituents is 1. The summed E-state index contributed by atoms with van der Waals surface area (Å²) >= 11 is 0. The van der Waals surface area contributed by atoms with Crippen LogP contribution in [0.15, 0.2) is 47.4 Å². The standard InChI is InChI=1S/C22H26N2O5S/c1-4-30(28,29)18-8-9-20(25)19(12-18)23-22(27)16-11-21(26)24(13-16)17-7-5-6-15(10-17)14(2)3/h5-10,12,14,16,25H,4,11,13H2,1-3H3,(H,23,27). The Bertz CT molecular complexity index is 1080. The molecule has 1 aliphatic rings. The molecule has 2 aromatic carbocycles. The summed E-state index contributed by atoms with van der Waals surface area (Å²) < 4.78 is 24.2. The average Bonchev–Trinajstić information content (AvgIpc) is 3.11. The lowest BCUT2D eigenvalue weighted by atomic mass is 10.0. The smallest absolute Gasteiger partial charge is 0.229 e. The van der Waals surface area contributed by atoms with Crippen LogP contribution in [0.1, 0.15) is 38.7 Å². The molecule has 0 aromatic heterocycles. The number of rotatable bonds is 6. The van der Waals surface area contributed by atoms with E-state index >= 15 is 0 Å². The van der Waals surface area contributed by atoms with Crippen LogP contribution in [0.25, 0.3) is 0 Å². The molecular formula is C22H26N2O5S. The van der Waals surface area contributed by atoms with Crippen LogP contribution < -0.4 is 10.2 Å². The highest BCUT2D eigenvalue weighted by Gasteiger charge is 2.35. The molecule has 7 nitrogen and oxygen atoms in total. The molecule has 1 saturated heterocycles. The summed E-state index contributed by atoms with van der Waals surface area (Å²) in [5.74, 6) is -1.20. The molecule has 8 heteroatoms. The van der Waals surface area contributed by atoms with Gasteiger partial charge in [0.2, 0.25) is 11.8 Å². The number of sulfone groups is 1. The molecule has 1 aliphatic heterocycles. The van der Waals surface area contributed by atoms with Crippen molar-refractivity contribution in [3.05, 3.63) is 48.0 Å². The number of hydrogen-bond donors (Lipinski definition) is 2. The Kier molecular flexibility index (Phi) is 6.17. The molecule has 0 radical (unpaired) electrons. The minimum absolute atomic E-state index is 0.0160. The van der Waals surface area contributed by atoms with Gasteiger partial charge in [0.1, 0.15) is 5.75 Å². The molecule has 160 valence electrons. The summed E-state index contributed by atoms with van der Waals surface area (Å²) in [6.45, 7) is 5.88. The van der Waals surface area contributed by atoms with Gasteiger partial charge in [-0.25, -0.2) is 8.42 Å². The fourth-order valence-electron chi connectivity index (χ4n) is 3.39. The van der Waals surface area contributed by atoms with Gasteiger partial charge in [0.15, 0.2) is 9.84 Å². The van der Waals surface area contributed by atoms with Crippen LogP contribution in [0.5, 0.6) is 5.75 Å². The van der Waals surface area contributed by atoms with Crippen molar-refractivity contribution in [2.45, 2.75) is 38.0 Å². The summed E-state index contributed by atoms with van der Waals surface area (Å²) in [6, 6.07) is 11.5. The fraction of sp³-hybridized carbons (Fsp3) is 0.364. The van der Waals surface area contributed by atoms with Crippen molar-refractivity contribution in [3.8, 4) is 5.75 Å². The molecule has 0 bridgehead atoms. The minimum Gasteiger partial charge on any atom is -0.506 e. The summed E-state index contributed by atoms with van der Waals surface area (Å²) in [7, 11) is -3.48. The van der Waals surface area contributed by atoms with Crippen molar-refractivity contribution in [3.63, 3.8) is 0 Å². The zero-order valence-electron chi connectivity index (χ0n) is 17.3. The summed E-state index contributed by atoms with van der Waals surface area (Å²) in [6.07, 6.45) is 0.0471. The van der Waals surface area contributed by atoms with Crippen molar-refractivity contribution in [1.82, 2.24) is 0 Å². The van der Waals surface area contributed by atoms with E-state index in [1.807, 2.05) is 24.3 Å². The molecule has 2 aromatic rings. The number of aromatic hydroxyl groups is 1. The summed E-state index contributed by atoms with van der Waals surface area (Å²) in [5, 5.41) is 12.6. The van der Waals surface area contributed by atoms with Gasteiger partial charge in [0.25, 0.3) is 0 Å². The molecule has 3 rings (SSSR count). The number of amides is 2. The van der Waals surface area contributed by atoms with Crippen LogP contribution in [0.3, 0.4) is 0 Å². The largest absolute Gasteiger partial charge is 0.506 e. The van der Waals surface area contributed by atoms with Gasteiger partial charge in [-0.2, -0.15) is 0 Å². The van der Waals surface area contributed by atoms with E-state index in [1.165, 1.54) is 25.1 Å². The normalized spacial score (nSPS) is 16.9. The first-order chi connectivity index (χ1) is 14.1. The second kappa shape index (κ2) is 8.47. The van der Waals surface area contributed by atoms with Gasteiger partial charge in [0, 0.05) is 18.7 Å². The van der Waals surface area contributed by atoms with Gasteiger partial charge in [-0.15, -0.1) is 0 Å². The first-order valence-corrected chi connectivity index (χ1v) is 11.5. The third-order valence-electron chi connectivity index (χ3n) is 5.31. The third-order valence-corrected chi connectivity index (χ3v) is 7.04. The highest BCUT2D eigenvalue weighted by atomic mass is 32.2. The van der Waals surface area contributed by atoms with E-state index in [-0.39, 0.29) is 41.0 Å². The number of benzene rings is 2. The van der Waals surface area contributed by atoms with Gasteiger partial charge >= 0.3 is 0 Å². The van der Waals surface area contributed by atoms with Crippen LogP contribution in [-0.4, -0.2) is 37.6 Å². The van der Waals surface area contributed by atoms with Crippen molar-refractivity contribution in [1.29, 1.82) is 0 Å². The van der Waals surface area contributed by atoms with E-state index in [4.69, 9.17) is 0 Å². The molecule has 0 spiro atoms. The molecular weight excluding hydrogens is 404 g/mol. The summed E-state index contributed by atoms with van der Waals surface area (Å²) in [5.41, 5.74) is 1.87. The number of hydrogen-bond acceptors (Lipinski definition) is 5. The third kappa shape index (κ3) is 4.48. The lowest BCUT2D eigenvalue weighted by Crippen LogP contribution is -2.28. The van der Waals surface area contributed by atoms with E-state index in [1.54, 1.807) is 4.90 Å². The second-order valence-corrected chi connectivity index (χ2v) is 10.0.